The standard InChI is InChI=1S/C15H11Br3O2/c1-20-11-3-5-13(17)9(6-11)7-15(19)12-4-2-10(16)8-14(12)18/h2-6,8H,7H2,1H3. The van der Waals surface area contributed by atoms with E-state index >= 15 is 0 Å². The van der Waals surface area contributed by atoms with Gasteiger partial charge in [0.15, 0.2) is 5.78 Å². The fraction of sp³-hybridized carbons (Fsp3) is 0.133. The first kappa shape index (κ1) is 15.7. The summed E-state index contributed by atoms with van der Waals surface area (Å²) >= 11 is 10.3. The van der Waals surface area contributed by atoms with Gasteiger partial charge in [-0.1, -0.05) is 47.8 Å². The summed E-state index contributed by atoms with van der Waals surface area (Å²) in [6.45, 7) is 0. The maximum absolute atomic E-state index is 12.4. The van der Waals surface area contributed by atoms with Crippen LogP contribution in [0.5, 0.6) is 5.75 Å². The Labute approximate surface area is 142 Å². The SMILES string of the molecule is COc1ccc(Br)c(CC(=O)c2ccc(Br)cc2Br)c1. The van der Waals surface area contributed by atoms with E-state index in [-0.39, 0.29) is 5.78 Å². The molecule has 0 aliphatic carbocycles. The number of Topliss-reactive ketones (excluding diaryl/α,β-unsaturated/α-hetero) is 1. The van der Waals surface area contributed by atoms with Crippen molar-refractivity contribution in [2.75, 3.05) is 7.11 Å². The van der Waals surface area contributed by atoms with Crippen LogP contribution >= 0.6 is 47.8 Å². The Morgan fingerprint density at radius 2 is 1.80 bits per heavy atom. The van der Waals surface area contributed by atoms with Crippen molar-refractivity contribution in [2.45, 2.75) is 6.42 Å². The highest BCUT2D eigenvalue weighted by Gasteiger charge is 2.13. The molecule has 0 bridgehead atoms. The summed E-state index contributed by atoms with van der Waals surface area (Å²) in [5, 5.41) is 0. The minimum Gasteiger partial charge on any atom is -0.497 e. The van der Waals surface area contributed by atoms with Crippen LogP contribution in [0.15, 0.2) is 49.8 Å². The van der Waals surface area contributed by atoms with Gasteiger partial charge in [0.25, 0.3) is 0 Å². The lowest BCUT2D eigenvalue weighted by atomic mass is 10.0. The van der Waals surface area contributed by atoms with Crippen LogP contribution in [0.4, 0.5) is 0 Å². The maximum atomic E-state index is 12.4. The smallest absolute Gasteiger partial charge is 0.168 e. The van der Waals surface area contributed by atoms with Gasteiger partial charge in [-0.15, -0.1) is 0 Å². The molecule has 5 heteroatoms. The van der Waals surface area contributed by atoms with Crippen LogP contribution in [0.2, 0.25) is 0 Å². The fourth-order valence-electron chi connectivity index (χ4n) is 1.80. The van der Waals surface area contributed by atoms with Gasteiger partial charge in [0.05, 0.1) is 7.11 Å². The lowest BCUT2D eigenvalue weighted by Crippen LogP contribution is -2.05. The highest BCUT2D eigenvalue weighted by atomic mass is 79.9. The fourth-order valence-corrected chi connectivity index (χ4v) is 3.45. The molecule has 0 fully saturated rings. The summed E-state index contributed by atoms with van der Waals surface area (Å²) in [4.78, 5) is 12.4. The molecule has 0 radical (unpaired) electrons. The Kier molecular flexibility index (Phi) is 5.41. The largest absolute Gasteiger partial charge is 0.497 e. The summed E-state index contributed by atoms with van der Waals surface area (Å²) in [6, 6.07) is 11.2. The lowest BCUT2D eigenvalue weighted by molar-refractivity contribution is 0.0992. The second-order valence-electron chi connectivity index (χ2n) is 4.18. The average molecular weight is 463 g/mol. The molecule has 0 atom stereocenters. The predicted molar refractivity (Wildman–Crippen MR) is 90.6 cm³/mol. The van der Waals surface area contributed by atoms with Gasteiger partial charge in [0, 0.05) is 25.4 Å². The van der Waals surface area contributed by atoms with Crippen molar-refractivity contribution in [3.8, 4) is 5.75 Å². The molecule has 0 unspecified atom stereocenters. The van der Waals surface area contributed by atoms with Crippen LogP contribution in [0.1, 0.15) is 15.9 Å². The normalized spacial score (nSPS) is 10.4. The second kappa shape index (κ2) is 6.87. The quantitative estimate of drug-likeness (QED) is 0.568. The number of methoxy groups -OCH3 is 1. The van der Waals surface area contributed by atoms with Crippen LogP contribution < -0.4 is 4.74 Å². The summed E-state index contributed by atoms with van der Waals surface area (Å²) in [5.74, 6) is 0.796. The van der Waals surface area contributed by atoms with Crippen molar-refractivity contribution in [1.29, 1.82) is 0 Å². The van der Waals surface area contributed by atoms with E-state index in [0.717, 1.165) is 24.7 Å². The van der Waals surface area contributed by atoms with Gasteiger partial charge in [-0.25, -0.2) is 0 Å². The zero-order valence-electron chi connectivity index (χ0n) is 10.6. The van der Waals surface area contributed by atoms with Gasteiger partial charge in [0.2, 0.25) is 0 Å². The Morgan fingerprint density at radius 3 is 2.45 bits per heavy atom. The van der Waals surface area contributed by atoms with Crippen molar-refractivity contribution in [3.05, 3.63) is 60.9 Å². The first-order valence-electron chi connectivity index (χ1n) is 5.82. The number of hydrogen-bond donors (Lipinski definition) is 0. The number of rotatable bonds is 4. The van der Waals surface area contributed by atoms with Crippen LogP contribution in [-0.2, 0) is 6.42 Å². The van der Waals surface area contributed by atoms with Gasteiger partial charge >= 0.3 is 0 Å². The van der Waals surface area contributed by atoms with Crippen molar-refractivity contribution in [2.24, 2.45) is 0 Å². The molecule has 2 aromatic rings. The summed E-state index contributed by atoms with van der Waals surface area (Å²) in [6.07, 6.45) is 0.317. The first-order chi connectivity index (χ1) is 9.51. The van der Waals surface area contributed by atoms with E-state index in [9.17, 15) is 4.79 Å². The van der Waals surface area contributed by atoms with Crippen molar-refractivity contribution in [3.63, 3.8) is 0 Å². The number of carbonyl (C=O) groups is 1. The third-order valence-electron chi connectivity index (χ3n) is 2.84. The number of ether oxygens (including phenoxy) is 1. The molecule has 0 saturated carbocycles. The maximum Gasteiger partial charge on any atom is 0.168 e. The van der Waals surface area contributed by atoms with Gasteiger partial charge in [-0.3, -0.25) is 4.79 Å². The third kappa shape index (κ3) is 3.71. The highest BCUT2D eigenvalue weighted by Crippen LogP contribution is 2.27. The molecule has 0 saturated heterocycles. The van der Waals surface area contributed by atoms with Crippen molar-refractivity contribution < 1.29 is 9.53 Å². The van der Waals surface area contributed by atoms with Crippen molar-refractivity contribution >= 4 is 53.6 Å². The summed E-state index contributed by atoms with van der Waals surface area (Å²) < 4.78 is 7.81. The third-order valence-corrected chi connectivity index (χ3v) is 4.76. The Morgan fingerprint density at radius 1 is 1.05 bits per heavy atom. The van der Waals surface area contributed by atoms with Gasteiger partial charge in [-0.2, -0.15) is 0 Å². The molecule has 2 nitrogen and oxygen atoms in total. The topological polar surface area (TPSA) is 26.3 Å². The minimum absolute atomic E-state index is 0.0540. The van der Waals surface area contributed by atoms with Crippen LogP contribution in [0, 0.1) is 0 Å². The molecule has 2 rings (SSSR count). The summed E-state index contributed by atoms with van der Waals surface area (Å²) in [5.41, 5.74) is 1.58. The molecule has 0 aromatic heterocycles. The number of hydrogen-bond acceptors (Lipinski definition) is 2. The first-order valence-corrected chi connectivity index (χ1v) is 8.20. The zero-order chi connectivity index (χ0) is 14.7. The van der Waals surface area contributed by atoms with E-state index in [0.29, 0.717) is 12.0 Å². The van der Waals surface area contributed by atoms with Gasteiger partial charge in [-0.05, 0) is 42.0 Å². The number of benzene rings is 2. The summed E-state index contributed by atoms with van der Waals surface area (Å²) in [7, 11) is 1.61. The van der Waals surface area contributed by atoms with E-state index in [4.69, 9.17) is 4.74 Å². The predicted octanol–water partition coefficient (Wildman–Crippen LogP) is 5.41. The molecular weight excluding hydrogens is 452 g/mol. The molecule has 0 amide bonds. The Balaban J connectivity index is 2.27. The lowest BCUT2D eigenvalue weighted by Gasteiger charge is -2.08. The molecule has 0 spiro atoms. The van der Waals surface area contributed by atoms with Crippen LogP contribution in [-0.4, -0.2) is 12.9 Å². The number of carbonyl (C=O) groups excluding carboxylic acids is 1. The number of ketones is 1. The van der Waals surface area contributed by atoms with E-state index in [1.165, 1.54) is 0 Å². The molecule has 104 valence electrons. The molecular formula is C15H11Br3O2. The van der Waals surface area contributed by atoms with E-state index in [1.54, 1.807) is 7.11 Å². The van der Waals surface area contributed by atoms with Crippen LogP contribution in [0.25, 0.3) is 0 Å². The second-order valence-corrected chi connectivity index (χ2v) is 6.81. The van der Waals surface area contributed by atoms with E-state index < -0.39 is 0 Å². The Hall–Kier alpha value is -0.650. The van der Waals surface area contributed by atoms with Crippen molar-refractivity contribution in [1.82, 2.24) is 0 Å². The van der Waals surface area contributed by atoms with E-state index in [1.807, 2.05) is 36.4 Å². The van der Waals surface area contributed by atoms with Crippen LogP contribution in [0.3, 0.4) is 0 Å². The van der Waals surface area contributed by atoms with E-state index in [2.05, 4.69) is 47.8 Å². The van der Waals surface area contributed by atoms with Gasteiger partial charge < -0.3 is 4.74 Å². The average Bonchev–Trinajstić information content (AvgIpc) is 2.41. The number of halogens is 3. The molecule has 2 aromatic carbocycles. The molecule has 20 heavy (non-hydrogen) atoms. The molecule has 0 heterocycles. The molecule has 0 aliphatic rings. The molecule has 0 N–H and O–H groups in total. The Bertz CT molecular complexity index is 654. The van der Waals surface area contributed by atoms with Gasteiger partial charge in [0.1, 0.15) is 5.75 Å². The monoisotopic (exact) mass is 460 g/mol. The minimum atomic E-state index is 0.0540. The molecule has 0 aliphatic heterocycles. The zero-order valence-corrected chi connectivity index (χ0v) is 15.4. The highest BCUT2D eigenvalue weighted by molar-refractivity contribution is 9.11.